The highest BCUT2D eigenvalue weighted by atomic mass is 16.5. The summed E-state index contributed by atoms with van der Waals surface area (Å²) in [6, 6.07) is 14.8. The Morgan fingerprint density at radius 1 is 1.06 bits per heavy atom. The molecular formula is C26H30N4O4. The van der Waals surface area contributed by atoms with Gasteiger partial charge in [-0.2, -0.15) is 0 Å². The molecule has 0 unspecified atom stereocenters. The number of methoxy groups -OCH3 is 2. The Bertz CT molecular complexity index is 1110. The molecule has 1 aromatic heterocycles. The Morgan fingerprint density at radius 3 is 2.62 bits per heavy atom. The van der Waals surface area contributed by atoms with Gasteiger partial charge in [-0.25, -0.2) is 9.97 Å². The highest BCUT2D eigenvalue weighted by Crippen LogP contribution is 2.32. The Morgan fingerprint density at radius 2 is 1.85 bits per heavy atom. The van der Waals surface area contributed by atoms with E-state index >= 15 is 0 Å². The molecule has 8 nitrogen and oxygen atoms in total. The molecule has 178 valence electrons. The van der Waals surface area contributed by atoms with E-state index in [1.165, 1.54) is 0 Å². The van der Waals surface area contributed by atoms with Crippen molar-refractivity contribution in [1.29, 1.82) is 0 Å². The summed E-state index contributed by atoms with van der Waals surface area (Å²) in [4.78, 5) is 24.2. The number of amides is 1. The predicted octanol–water partition coefficient (Wildman–Crippen LogP) is 4.38. The molecule has 1 saturated heterocycles. The summed E-state index contributed by atoms with van der Waals surface area (Å²) in [7, 11) is 3.24. The lowest BCUT2D eigenvalue weighted by atomic mass is 9.96. The molecule has 8 heteroatoms. The Labute approximate surface area is 199 Å². The van der Waals surface area contributed by atoms with Gasteiger partial charge in [0.05, 0.1) is 26.2 Å². The fraction of sp³-hybridized carbons (Fsp3) is 0.346. The van der Waals surface area contributed by atoms with Crippen LogP contribution in [0.4, 0.5) is 5.82 Å². The molecule has 1 amide bonds. The van der Waals surface area contributed by atoms with Crippen LogP contribution in [-0.2, 0) is 4.79 Å². The molecule has 0 spiro atoms. The van der Waals surface area contributed by atoms with Crippen LogP contribution >= 0.6 is 0 Å². The summed E-state index contributed by atoms with van der Waals surface area (Å²) < 4.78 is 16.8. The van der Waals surface area contributed by atoms with Crippen molar-refractivity contribution in [2.24, 2.45) is 5.92 Å². The van der Waals surface area contributed by atoms with Crippen LogP contribution in [0.15, 0.2) is 60.9 Å². The zero-order valence-corrected chi connectivity index (χ0v) is 19.7. The van der Waals surface area contributed by atoms with Crippen molar-refractivity contribution in [3.05, 3.63) is 66.5 Å². The number of ether oxygens (including phenoxy) is 3. The molecule has 2 heterocycles. The molecule has 1 aliphatic rings. The first-order chi connectivity index (χ1) is 16.6. The lowest BCUT2D eigenvalue weighted by molar-refractivity contribution is -0.125. The number of aromatic nitrogens is 2. The summed E-state index contributed by atoms with van der Waals surface area (Å²) >= 11 is 0. The minimum Gasteiger partial charge on any atom is -0.497 e. The third kappa shape index (κ3) is 5.39. The van der Waals surface area contributed by atoms with Crippen LogP contribution in [0, 0.1) is 5.92 Å². The van der Waals surface area contributed by atoms with Crippen molar-refractivity contribution in [1.82, 2.24) is 15.3 Å². The SMILES string of the molecule is COc1ccc(OC)c([C@@H](C)NC(=O)[C@@H]2CCCN(c3nccnc3Oc3ccccc3)C2)c1. The maximum atomic E-state index is 13.2. The first-order valence-corrected chi connectivity index (χ1v) is 11.4. The van der Waals surface area contributed by atoms with Gasteiger partial charge >= 0.3 is 0 Å². The van der Waals surface area contributed by atoms with Crippen molar-refractivity contribution in [3.8, 4) is 23.1 Å². The largest absolute Gasteiger partial charge is 0.497 e. The average molecular weight is 463 g/mol. The topological polar surface area (TPSA) is 85.8 Å². The Hall–Kier alpha value is -3.81. The van der Waals surface area contributed by atoms with Gasteiger partial charge < -0.3 is 24.4 Å². The fourth-order valence-corrected chi connectivity index (χ4v) is 4.18. The van der Waals surface area contributed by atoms with Crippen molar-refractivity contribution in [2.75, 3.05) is 32.2 Å². The first-order valence-electron chi connectivity index (χ1n) is 11.4. The van der Waals surface area contributed by atoms with E-state index in [4.69, 9.17) is 14.2 Å². The fourth-order valence-electron chi connectivity index (χ4n) is 4.18. The normalized spacial score (nSPS) is 16.4. The molecule has 2 aromatic carbocycles. The minimum atomic E-state index is -0.235. The Kier molecular flexibility index (Phi) is 7.47. The van der Waals surface area contributed by atoms with E-state index in [1.807, 2.05) is 55.5 Å². The van der Waals surface area contributed by atoms with Gasteiger partial charge in [-0.1, -0.05) is 18.2 Å². The van der Waals surface area contributed by atoms with Gasteiger partial charge in [0.1, 0.15) is 17.2 Å². The molecule has 0 bridgehead atoms. The zero-order chi connectivity index (χ0) is 23.9. The van der Waals surface area contributed by atoms with Gasteiger partial charge in [0.25, 0.3) is 5.88 Å². The van der Waals surface area contributed by atoms with Crippen molar-refractivity contribution in [3.63, 3.8) is 0 Å². The summed E-state index contributed by atoms with van der Waals surface area (Å²) in [5.74, 6) is 3.01. The lowest BCUT2D eigenvalue weighted by Gasteiger charge is -2.33. The van der Waals surface area contributed by atoms with E-state index in [-0.39, 0.29) is 17.9 Å². The number of nitrogens with zero attached hydrogens (tertiary/aromatic N) is 3. The second-order valence-corrected chi connectivity index (χ2v) is 8.22. The van der Waals surface area contributed by atoms with Crippen LogP contribution < -0.4 is 24.4 Å². The van der Waals surface area contributed by atoms with Crippen LogP contribution in [0.5, 0.6) is 23.1 Å². The van der Waals surface area contributed by atoms with Gasteiger partial charge in [-0.05, 0) is 50.1 Å². The number of hydrogen-bond acceptors (Lipinski definition) is 7. The van der Waals surface area contributed by atoms with E-state index in [1.54, 1.807) is 26.6 Å². The van der Waals surface area contributed by atoms with Crippen LogP contribution in [0.2, 0.25) is 0 Å². The average Bonchev–Trinajstić information content (AvgIpc) is 2.89. The second-order valence-electron chi connectivity index (χ2n) is 8.22. The van der Waals surface area contributed by atoms with E-state index in [0.29, 0.717) is 35.5 Å². The highest BCUT2D eigenvalue weighted by molar-refractivity contribution is 5.80. The van der Waals surface area contributed by atoms with Gasteiger partial charge in [-0.3, -0.25) is 4.79 Å². The molecule has 2 atom stereocenters. The van der Waals surface area contributed by atoms with Gasteiger partial charge in [0, 0.05) is 31.0 Å². The number of benzene rings is 2. The van der Waals surface area contributed by atoms with Gasteiger partial charge in [-0.15, -0.1) is 0 Å². The van der Waals surface area contributed by atoms with E-state index < -0.39 is 0 Å². The number of rotatable bonds is 8. The number of piperidine rings is 1. The summed E-state index contributed by atoms with van der Waals surface area (Å²) in [6.45, 7) is 3.27. The molecule has 4 rings (SSSR count). The molecule has 1 N–H and O–H groups in total. The maximum Gasteiger partial charge on any atom is 0.263 e. The van der Waals surface area contributed by atoms with Gasteiger partial charge in [0.15, 0.2) is 5.82 Å². The van der Waals surface area contributed by atoms with E-state index in [2.05, 4.69) is 20.2 Å². The summed E-state index contributed by atoms with van der Waals surface area (Å²) in [6.07, 6.45) is 4.93. The van der Waals surface area contributed by atoms with Gasteiger partial charge in [0.2, 0.25) is 5.91 Å². The van der Waals surface area contributed by atoms with Crippen LogP contribution in [0.3, 0.4) is 0 Å². The summed E-state index contributed by atoms with van der Waals surface area (Å²) in [5, 5.41) is 3.15. The zero-order valence-electron chi connectivity index (χ0n) is 19.7. The van der Waals surface area contributed by atoms with Crippen molar-refractivity contribution in [2.45, 2.75) is 25.8 Å². The lowest BCUT2D eigenvalue weighted by Crippen LogP contribution is -2.44. The molecule has 3 aromatic rings. The molecule has 34 heavy (non-hydrogen) atoms. The smallest absolute Gasteiger partial charge is 0.263 e. The third-order valence-corrected chi connectivity index (χ3v) is 5.96. The molecule has 1 fully saturated rings. The van der Waals surface area contributed by atoms with Crippen LogP contribution in [0.25, 0.3) is 0 Å². The maximum absolute atomic E-state index is 13.2. The van der Waals surface area contributed by atoms with Crippen molar-refractivity contribution >= 4 is 11.7 Å². The third-order valence-electron chi connectivity index (χ3n) is 5.96. The van der Waals surface area contributed by atoms with Crippen molar-refractivity contribution < 1.29 is 19.0 Å². The number of nitrogens with one attached hydrogen (secondary N) is 1. The number of hydrogen-bond donors (Lipinski definition) is 1. The quantitative estimate of drug-likeness (QED) is 0.532. The van der Waals surface area contributed by atoms with E-state index in [9.17, 15) is 4.79 Å². The number of anilines is 1. The van der Waals surface area contributed by atoms with E-state index in [0.717, 1.165) is 24.9 Å². The standard InChI is InChI=1S/C26H30N4O4/c1-18(22-16-21(32-2)11-12-23(22)33-3)29-25(31)19-8-7-15-30(17-19)24-26(28-14-13-27-24)34-20-9-5-4-6-10-20/h4-6,9-14,16,18-19H,7-8,15,17H2,1-3H3,(H,29,31)/t18-,19-/m1/s1. The molecule has 0 radical (unpaired) electrons. The monoisotopic (exact) mass is 462 g/mol. The molecule has 1 aliphatic heterocycles. The van der Waals surface area contributed by atoms with Crippen LogP contribution in [-0.4, -0.2) is 43.2 Å². The number of carbonyl (C=O) groups is 1. The minimum absolute atomic E-state index is 0.00325. The molecular weight excluding hydrogens is 432 g/mol. The number of carbonyl (C=O) groups excluding carboxylic acids is 1. The Balaban J connectivity index is 1.46. The highest BCUT2D eigenvalue weighted by Gasteiger charge is 2.29. The predicted molar refractivity (Wildman–Crippen MR) is 130 cm³/mol. The first kappa shape index (κ1) is 23.4. The molecule has 0 saturated carbocycles. The second kappa shape index (κ2) is 10.9. The molecule has 0 aliphatic carbocycles. The van der Waals surface area contributed by atoms with Crippen LogP contribution in [0.1, 0.15) is 31.4 Å². The number of para-hydroxylation sites is 1. The summed E-state index contributed by atoms with van der Waals surface area (Å²) in [5.41, 5.74) is 0.871.